The van der Waals surface area contributed by atoms with Crippen molar-refractivity contribution in [3.05, 3.63) is 34.9 Å². The Morgan fingerprint density at radius 1 is 1.39 bits per heavy atom. The summed E-state index contributed by atoms with van der Waals surface area (Å²) in [7, 11) is 0. The third-order valence-corrected chi connectivity index (χ3v) is 3.77. The molecule has 1 atom stereocenters. The molecule has 2 heterocycles. The smallest absolute Gasteiger partial charge is 0.0934 e. The molecule has 0 bridgehead atoms. The van der Waals surface area contributed by atoms with E-state index in [4.69, 9.17) is 0 Å². The lowest BCUT2D eigenvalue weighted by atomic mass is 10.1. The highest BCUT2D eigenvalue weighted by atomic mass is 79.9. The zero-order valence-corrected chi connectivity index (χ0v) is 11.7. The summed E-state index contributed by atoms with van der Waals surface area (Å²) in [6.07, 6.45) is 4.31. The van der Waals surface area contributed by atoms with Crippen LogP contribution in [0.5, 0.6) is 0 Å². The fourth-order valence-electron chi connectivity index (χ4n) is 2.45. The number of nitrogens with one attached hydrogen (secondary N) is 2. The van der Waals surface area contributed by atoms with Crippen LogP contribution in [0, 0.1) is 0 Å². The van der Waals surface area contributed by atoms with Crippen LogP contribution in [0.4, 0.5) is 5.69 Å². The van der Waals surface area contributed by atoms with Crippen LogP contribution >= 0.6 is 15.9 Å². The van der Waals surface area contributed by atoms with Gasteiger partial charge in [0.1, 0.15) is 0 Å². The van der Waals surface area contributed by atoms with Gasteiger partial charge in [0, 0.05) is 28.6 Å². The van der Waals surface area contributed by atoms with E-state index in [0.717, 1.165) is 34.2 Å². The summed E-state index contributed by atoms with van der Waals surface area (Å²) in [6.45, 7) is 2.17. The van der Waals surface area contributed by atoms with Gasteiger partial charge in [0.05, 0.1) is 11.2 Å². The predicted molar refractivity (Wildman–Crippen MR) is 79.0 cm³/mol. The monoisotopic (exact) mass is 305 g/mol. The molecule has 0 radical (unpaired) electrons. The van der Waals surface area contributed by atoms with Gasteiger partial charge >= 0.3 is 0 Å². The molecule has 1 fully saturated rings. The molecular weight excluding hydrogens is 290 g/mol. The van der Waals surface area contributed by atoms with Crippen LogP contribution in [0.25, 0.3) is 10.9 Å². The molecule has 0 saturated carbocycles. The zero-order valence-electron chi connectivity index (χ0n) is 10.1. The van der Waals surface area contributed by atoms with E-state index in [0.29, 0.717) is 6.04 Å². The second kappa shape index (κ2) is 5.24. The normalized spacial score (nSPS) is 19.9. The molecule has 4 heteroatoms. The van der Waals surface area contributed by atoms with Crippen LogP contribution in [0.1, 0.15) is 12.8 Å². The standard InChI is InChI=1S/C14H16BrN3/c15-11-7-10-3-1-5-13(14(10)17-8-11)18-12-4-2-6-16-9-12/h1,3,5,7-8,12,16,18H,2,4,6,9H2. The maximum Gasteiger partial charge on any atom is 0.0934 e. The van der Waals surface area contributed by atoms with Crippen molar-refractivity contribution < 1.29 is 0 Å². The van der Waals surface area contributed by atoms with E-state index in [1.807, 2.05) is 6.20 Å². The number of hydrogen-bond acceptors (Lipinski definition) is 3. The first-order valence-electron chi connectivity index (χ1n) is 6.34. The number of benzene rings is 1. The van der Waals surface area contributed by atoms with Crippen molar-refractivity contribution in [1.29, 1.82) is 0 Å². The van der Waals surface area contributed by atoms with Crippen molar-refractivity contribution in [2.45, 2.75) is 18.9 Å². The molecule has 1 aliphatic heterocycles. The maximum absolute atomic E-state index is 4.52. The Kier molecular flexibility index (Phi) is 3.48. The van der Waals surface area contributed by atoms with Gasteiger partial charge in [-0.3, -0.25) is 4.98 Å². The Bertz CT molecular complexity index is 550. The number of hydrogen-bond donors (Lipinski definition) is 2. The molecule has 0 spiro atoms. The van der Waals surface area contributed by atoms with Gasteiger partial charge in [-0.15, -0.1) is 0 Å². The van der Waals surface area contributed by atoms with E-state index >= 15 is 0 Å². The summed E-state index contributed by atoms with van der Waals surface area (Å²) in [5, 5.41) is 8.19. The minimum absolute atomic E-state index is 0.509. The molecular formula is C14H16BrN3. The van der Waals surface area contributed by atoms with E-state index in [-0.39, 0.29) is 0 Å². The summed E-state index contributed by atoms with van der Waals surface area (Å²) >= 11 is 3.46. The fraction of sp³-hybridized carbons (Fsp3) is 0.357. The Morgan fingerprint density at radius 3 is 3.17 bits per heavy atom. The van der Waals surface area contributed by atoms with Crippen LogP contribution in [0.3, 0.4) is 0 Å². The van der Waals surface area contributed by atoms with E-state index in [1.165, 1.54) is 12.8 Å². The number of halogens is 1. The van der Waals surface area contributed by atoms with E-state index < -0.39 is 0 Å². The van der Waals surface area contributed by atoms with Crippen molar-refractivity contribution in [2.24, 2.45) is 0 Å². The summed E-state index contributed by atoms with van der Waals surface area (Å²) < 4.78 is 1.02. The number of para-hydroxylation sites is 1. The summed E-state index contributed by atoms with van der Waals surface area (Å²) in [5.74, 6) is 0. The molecule has 0 aliphatic carbocycles. The van der Waals surface area contributed by atoms with Crippen molar-refractivity contribution in [3.8, 4) is 0 Å². The van der Waals surface area contributed by atoms with E-state index in [2.05, 4.69) is 55.8 Å². The van der Waals surface area contributed by atoms with Gasteiger partial charge in [0.15, 0.2) is 0 Å². The lowest BCUT2D eigenvalue weighted by Gasteiger charge is -2.25. The fourth-order valence-corrected chi connectivity index (χ4v) is 2.79. The number of aromatic nitrogens is 1. The minimum atomic E-state index is 0.509. The van der Waals surface area contributed by atoms with Crippen LogP contribution in [-0.2, 0) is 0 Å². The van der Waals surface area contributed by atoms with E-state index in [1.54, 1.807) is 0 Å². The molecule has 1 unspecified atom stereocenters. The number of anilines is 1. The van der Waals surface area contributed by atoms with Gasteiger partial charge in [-0.1, -0.05) is 12.1 Å². The predicted octanol–water partition coefficient (Wildman–Crippen LogP) is 3.16. The van der Waals surface area contributed by atoms with Crippen LogP contribution in [-0.4, -0.2) is 24.1 Å². The van der Waals surface area contributed by atoms with Crippen molar-refractivity contribution in [3.63, 3.8) is 0 Å². The Hall–Kier alpha value is -1.13. The molecule has 2 aromatic rings. The average molecular weight is 306 g/mol. The quantitative estimate of drug-likeness (QED) is 0.895. The topological polar surface area (TPSA) is 37.0 Å². The Labute approximate surface area is 115 Å². The largest absolute Gasteiger partial charge is 0.379 e. The number of pyridine rings is 1. The highest BCUT2D eigenvalue weighted by Crippen LogP contribution is 2.25. The Balaban J connectivity index is 1.91. The third kappa shape index (κ3) is 2.49. The van der Waals surface area contributed by atoms with Gasteiger partial charge in [0.2, 0.25) is 0 Å². The van der Waals surface area contributed by atoms with Gasteiger partial charge in [-0.05, 0) is 47.4 Å². The molecule has 1 saturated heterocycles. The van der Waals surface area contributed by atoms with Crippen molar-refractivity contribution >= 4 is 32.5 Å². The molecule has 1 aromatic heterocycles. The highest BCUT2D eigenvalue weighted by molar-refractivity contribution is 9.10. The van der Waals surface area contributed by atoms with Crippen molar-refractivity contribution in [1.82, 2.24) is 10.3 Å². The molecule has 3 nitrogen and oxygen atoms in total. The number of fused-ring (bicyclic) bond motifs is 1. The molecule has 2 N–H and O–H groups in total. The first kappa shape index (κ1) is 11.9. The zero-order chi connectivity index (χ0) is 12.4. The van der Waals surface area contributed by atoms with Gasteiger partial charge in [0.25, 0.3) is 0 Å². The highest BCUT2D eigenvalue weighted by Gasteiger charge is 2.13. The van der Waals surface area contributed by atoms with Gasteiger partial charge < -0.3 is 10.6 Å². The first-order valence-corrected chi connectivity index (χ1v) is 7.14. The second-order valence-electron chi connectivity index (χ2n) is 4.72. The summed E-state index contributed by atoms with van der Waals surface area (Å²) in [5.41, 5.74) is 2.18. The van der Waals surface area contributed by atoms with Gasteiger partial charge in [-0.2, -0.15) is 0 Å². The summed E-state index contributed by atoms with van der Waals surface area (Å²) in [4.78, 5) is 4.52. The van der Waals surface area contributed by atoms with Crippen LogP contribution < -0.4 is 10.6 Å². The lowest BCUT2D eigenvalue weighted by Crippen LogP contribution is -2.38. The lowest BCUT2D eigenvalue weighted by molar-refractivity contribution is 0.480. The van der Waals surface area contributed by atoms with E-state index in [9.17, 15) is 0 Å². The molecule has 0 amide bonds. The molecule has 3 rings (SSSR count). The number of piperidine rings is 1. The van der Waals surface area contributed by atoms with Gasteiger partial charge in [-0.25, -0.2) is 0 Å². The Morgan fingerprint density at radius 2 is 2.33 bits per heavy atom. The third-order valence-electron chi connectivity index (χ3n) is 3.33. The molecule has 1 aliphatic rings. The average Bonchev–Trinajstić information content (AvgIpc) is 2.40. The first-order chi connectivity index (χ1) is 8.83. The van der Waals surface area contributed by atoms with Crippen molar-refractivity contribution in [2.75, 3.05) is 18.4 Å². The number of nitrogens with zero attached hydrogens (tertiary/aromatic N) is 1. The molecule has 18 heavy (non-hydrogen) atoms. The minimum Gasteiger partial charge on any atom is -0.379 e. The maximum atomic E-state index is 4.52. The summed E-state index contributed by atoms with van der Waals surface area (Å²) in [6, 6.07) is 8.89. The second-order valence-corrected chi connectivity index (χ2v) is 5.63. The van der Waals surface area contributed by atoms with Crippen LogP contribution in [0.15, 0.2) is 34.9 Å². The number of rotatable bonds is 2. The molecule has 1 aromatic carbocycles. The van der Waals surface area contributed by atoms with Crippen LogP contribution in [0.2, 0.25) is 0 Å². The molecule has 94 valence electrons. The SMILES string of the molecule is Brc1cnc2c(NC3CCCNC3)cccc2c1.